The Morgan fingerprint density at radius 2 is 1.24 bits per heavy atom. The fraction of sp³-hybridized carbons (Fsp3) is 0.474. The maximum absolute atomic E-state index is 11.8. The summed E-state index contributed by atoms with van der Waals surface area (Å²) < 4.78 is 20.6. The molecule has 6 nitrogen and oxygen atoms in total. The third kappa shape index (κ3) is 11.9. The Morgan fingerprint density at radius 3 is 1.68 bits per heavy atom. The van der Waals surface area contributed by atoms with E-state index < -0.39 is 18.0 Å². The predicted octanol–water partition coefficient (Wildman–Crippen LogP) is 2.76. The number of esters is 2. The van der Waals surface area contributed by atoms with Gasteiger partial charge in [0.15, 0.2) is 0 Å². The quantitative estimate of drug-likeness (QED) is 0.288. The van der Waals surface area contributed by atoms with Crippen LogP contribution in [0.2, 0.25) is 0 Å². The van der Waals surface area contributed by atoms with Crippen LogP contribution in [0.25, 0.3) is 0 Å². The van der Waals surface area contributed by atoms with Crippen LogP contribution in [0.15, 0.2) is 48.6 Å². The summed E-state index contributed by atoms with van der Waals surface area (Å²) in [5.74, 6) is -1.21. The molecule has 0 saturated carbocycles. The third-order valence-corrected chi connectivity index (χ3v) is 2.58. The molecule has 0 saturated heterocycles. The summed E-state index contributed by atoms with van der Waals surface area (Å²) >= 11 is 0. The van der Waals surface area contributed by atoms with E-state index in [-0.39, 0.29) is 31.0 Å². The fourth-order valence-corrected chi connectivity index (χ4v) is 1.41. The first kappa shape index (κ1) is 22.8. The zero-order chi connectivity index (χ0) is 19.4. The van der Waals surface area contributed by atoms with Gasteiger partial charge in [0, 0.05) is 0 Å². The maximum Gasteiger partial charge on any atom is 0.336 e. The summed E-state index contributed by atoms with van der Waals surface area (Å²) in [6.07, 6.45) is -0.626. The minimum atomic E-state index is -0.626. The first-order chi connectivity index (χ1) is 11.6. The van der Waals surface area contributed by atoms with Crippen molar-refractivity contribution in [2.45, 2.75) is 26.9 Å². The third-order valence-electron chi connectivity index (χ3n) is 2.58. The number of rotatable bonds is 13. The van der Waals surface area contributed by atoms with Crippen molar-refractivity contribution in [3.05, 3.63) is 48.6 Å². The summed E-state index contributed by atoms with van der Waals surface area (Å²) in [7, 11) is 0. The Kier molecular flexibility index (Phi) is 11.2. The van der Waals surface area contributed by atoms with Gasteiger partial charge in [-0.25, -0.2) is 9.59 Å². The normalized spacial score (nSPS) is 11.3. The monoisotopic (exact) mass is 352 g/mol. The van der Waals surface area contributed by atoms with Crippen LogP contribution in [0, 0.1) is 0 Å². The van der Waals surface area contributed by atoms with E-state index in [2.05, 4.69) is 26.3 Å². The summed E-state index contributed by atoms with van der Waals surface area (Å²) in [5, 5.41) is 0. The van der Waals surface area contributed by atoms with Crippen LogP contribution >= 0.6 is 0 Å². The van der Waals surface area contributed by atoms with E-state index in [9.17, 15) is 9.59 Å². The van der Waals surface area contributed by atoms with Crippen LogP contribution in [0.1, 0.15) is 20.8 Å². The largest absolute Gasteiger partial charge is 0.458 e. The molecule has 1 unspecified atom stereocenters. The zero-order valence-corrected chi connectivity index (χ0v) is 15.4. The van der Waals surface area contributed by atoms with Gasteiger partial charge >= 0.3 is 11.9 Å². The summed E-state index contributed by atoms with van der Waals surface area (Å²) in [6.45, 7) is 20.5. The molecule has 0 aliphatic rings. The van der Waals surface area contributed by atoms with Gasteiger partial charge in [0.2, 0.25) is 0 Å². The van der Waals surface area contributed by atoms with Crippen molar-refractivity contribution in [1.82, 2.24) is 0 Å². The van der Waals surface area contributed by atoms with E-state index in [1.807, 2.05) is 13.8 Å². The Balaban J connectivity index is 4.06. The van der Waals surface area contributed by atoms with Crippen molar-refractivity contribution >= 4 is 11.9 Å². The molecule has 6 heteroatoms. The Bertz CT molecular complexity index is 532. The van der Waals surface area contributed by atoms with Gasteiger partial charge < -0.3 is 18.9 Å². The molecule has 0 heterocycles. The highest BCUT2D eigenvalue weighted by Crippen LogP contribution is 2.04. The average Bonchev–Trinajstić information content (AvgIpc) is 2.51. The van der Waals surface area contributed by atoms with Gasteiger partial charge in [-0.3, -0.25) is 0 Å². The molecule has 0 aliphatic heterocycles. The second kappa shape index (κ2) is 12.2. The van der Waals surface area contributed by atoms with Gasteiger partial charge in [-0.2, -0.15) is 0 Å². The maximum atomic E-state index is 11.8. The minimum Gasteiger partial charge on any atom is -0.458 e. The molecule has 0 aliphatic carbocycles. The van der Waals surface area contributed by atoms with Gasteiger partial charge in [-0.15, -0.1) is 0 Å². The molecular formula is C19H28O6. The van der Waals surface area contributed by atoms with E-state index in [0.29, 0.717) is 13.2 Å². The topological polar surface area (TPSA) is 71.1 Å². The van der Waals surface area contributed by atoms with Gasteiger partial charge in [-0.05, 0) is 20.8 Å². The number of carbonyl (C=O) groups is 2. The predicted molar refractivity (Wildman–Crippen MR) is 96.1 cm³/mol. The lowest BCUT2D eigenvalue weighted by atomic mass is 10.3. The summed E-state index contributed by atoms with van der Waals surface area (Å²) in [6, 6.07) is 0. The van der Waals surface area contributed by atoms with E-state index in [1.165, 1.54) is 0 Å². The molecule has 1 atom stereocenters. The SMILES string of the molecule is C=C(C)COCC(=C)C(=O)OCC(C)OC(=O)C(=C)COCC(=C)C. The zero-order valence-electron chi connectivity index (χ0n) is 15.4. The molecule has 0 N–H and O–H groups in total. The molecule has 0 rings (SSSR count). The van der Waals surface area contributed by atoms with Crippen molar-refractivity contribution in [1.29, 1.82) is 0 Å². The first-order valence-electron chi connectivity index (χ1n) is 7.81. The van der Waals surface area contributed by atoms with Gasteiger partial charge in [0.1, 0.15) is 12.7 Å². The molecule has 0 fully saturated rings. The number of hydrogen-bond donors (Lipinski definition) is 0. The highest BCUT2D eigenvalue weighted by molar-refractivity contribution is 5.88. The van der Waals surface area contributed by atoms with E-state index in [4.69, 9.17) is 18.9 Å². The van der Waals surface area contributed by atoms with E-state index in [0.717, 1.165) is 11.1 Å². The van der Waals surface area contributed by atoms with Crippen molar-refractivity contribution < 1.29 is 28.5 Å². The molecule has 0 amide bonds. The minimum absolute atomic E-state index is 0.0507. The van der Waals surface area contributed by atoms with Crippen LogP contribution in [-0.2, 0) is 28.5 Å². The Labute approximate surface area is 149 Å². The molecule has 0 aromatic carbocycles. The summed E-state index contributed by atoms with van der Waals surface area (Å²) in [5.41, 5.74) is 2.04. The lowest BCUT2D eigenvalue weighted by Crippen LogP contribution is -2.25. The second-order valence-electron chi connectivity index (χ2n) is 5.92. The smallest absolute Gasteiger partial charge is 0.336 e. The second-order valence-corrected chi connectivity index (χ2v) is 5.92. The van der Waals surface area contributed by atoms with Crippen LogP contribution < -0.4 is 0 Å². The van der Waals surface area contributed by atoms with E-state index in [1.54, 1.807) is 6.92 Å². The van der Waals surface area contributed by atoms with Gasteiger partial charge in [-0.1, -0.05) is 37.5 Å². The Morgan fingerprint density at radius 1 is 0.800 bits per heavy atom. The van der Waals surface area contributed by atoms with Crippen LogP contribution in [0.3, 0.4) is 0 Å². The van der Waals surface area contributed by atoms with Crippen molar-refractivity contribution in [2.24, 2.45) is 0 Å². The molecule has 0 aromatic rings. The van der Waals surface area contributed by atoms with Crippen molar-refractivity contribution in [3.8, 4) is 0 Å². The number of ether oxygens (including phenoxy) is 4. The molecule has 0 aromatic heterocycles. The highest BCUT2D eigenvalue weighted by atomic mass is 16.6. The molecular weight excluding hydrogens is 324 g/mol. The Hall–Kier alpha value is -2.18. The highest BCUT2D eigenvalue weighted by Gasteiger charge is 2.16. The van der Waals surface area contributed by atoms with Crippen LogP contribution in [0.4, 0.5) is 0 Å². The van der Waals surface area contributed by atoms with Gasteiger partial charge in [0.05, 0.1) is 37.6 Å². The van der Waals surface area contributed by atoms with Crippen LogP contribution in [0.5, 0.6) is 0 Å². The van der Waals surface area contributed by atoms with E-state index >= 15 is 0 Å². The lowest BCUT2D eigenvalue weighted by molar-refractivity contribution is -0.153. The molecule has 0 spiro atoms. The average molecular weight is 352 g/mol. The summed E-state index contributed by atoms with van der Waals surface area (Å²) in [4.78, 5) is 23.5. The van der Waals surface area contributed by atoms with Gasteiger partial charge in [0.25, 0.3) is 0 Å². The molecule has 0 radical (unpaired) electrons. The first-order valence-corrected chi connectivity index (χ1v) is 7.81. The molecule has 25 heavy (non-hydrogen) atoms. The number of hydrogen-bond acceptors (Lipinski definition) is 6. The lowest BCUT2D eigenvalue weighted by Gasteiger charge is -2.15. The van der Waals surface area contributed by atoms with Crippen LogP contribution in [-0.4, -0.2) is 51.1 Å². The number of carbonyl (C=O) groups excluding carboxylic acids is 2. The fourth-order valence-electron chi connectivity index (χ4n) is 1.41. The molecule has 140 valence electrons. The van der Waals surface area contributed by atoms with Crippen molar-refractivity contribution in [2.75, 3.05) is 33.0 Å². The molecule has 0 bridgehead atoms. The standard InChI is InChI=1S/C19H28O6/c1-13(2)8-22-10-15(5)18(20)24-12-17(7)25-19(21)16(6)11-23-9-14(3)4/h17H,1,3,5-6,8-12H2,2,4,7H3. The van der Waals surface area contributed by atoms with Crippen molar-refractivity contribution in [3.63, 3.8) is 0 Å².